The first kappa shape index (κ1) is 11.6. The fourth-order valence-electron chi connectivity index (χ4n) is 2.15. The molecule has 1 aliphatic rings. The van der Waals surface area contributed by atoms with Crippen LogP contribution in [0.3, 0.4) is 0 Å². The highest BCUT2D eigenvalue weighted by Crippen LogP contribution is 2.22. The van der Waals surface area contributed by atoms with E-state index in [1.54, 1.807) is 0 Å². The molecule has 0 amide bonds. The molecule has 1 aromatic carbocycles. The van der Waals surface area contributed by atoms with Crippen molar-refractivity contribution >= 4 is 0 Å². The molecule has 0 bridgehead atoms. The lowest BCUT2D eigenvalue weighted by molar-refractivity contribution is -0.0319. The largest absolute Gasteiger partial charge is 0.376 e. The van der Waals surface area contributed by atoms with Crippen molar-refractivity contribution in [3.63, 3.8) is 0 Å². The third-order valence-corrected chi connectivity index (χ3v) is 3.17. The predicted molar refractivity (Wildman–Crippen MR) is 61.8 cm³/mol. The minimum Gasteiger partial charge on any atom is -0.376 e. The monoisotopic (exact) mass is 223 g/mol. The molecule has 2 atom stereocenters. The quantitative estimate of drug-likeness (QED) is 0.764. The van der Waals surface area contributed by atoms with Crippen molar-refractivity contribution < 1.29 is 9.13 Å². The first-order valence-corrected chi connectivity index (χ1v) is 5.78. The molecule has 1 unspecified atom stereocenters. The molecule has 2 rings (SSSR count). The SMILES string of the molecule is CC1CN([C@@H](C)c2ccc(F)cc2)CCO1. The Hall–Kier alpha value is -0.930. The highest BCUT2D eigenvalue weighted by atomic mass is 19.1. The molecule has 0 radical (unpaired) electrons. The zero-order valence-electron chi connectivity index (χ0n) is 9.82. The normalized spacial score (nSPS) is 24.3. The molecule has 0 aromatic heterocycles. The topological polar surface area (TPSA) is 12.5 Å². The van der Waals surface area contributed by atoms with Crippen LogP contribution in [-0.2, 0) is 4.74 Å². The van der Waals surface area contributed by atoms with Gasteiger partial charge in [-0.2, -0.15) is 0 Å². The maximum Gasteiger partial charge on any atom is 0.123 e. The lowest BCUT2D eigenvalue weighted by Gasteiger charge is -2.35. The van der Waals surface area contributed by atoms with Gasteiger partial charge in [-0.1, -0.05) is 12.1 Å². The van der Waals surface area contributed by atoms with E-state index in [2.05, 4.69) is 18.7 Å². The summed E-state index contributed by atoms with van der Waals surface area (Å²) in [6, 6.07) is 7.10. The highest BCUT2D eigenvalue weighted by molar-refractivity contribution is 5.19. The smallest absolute Gasteiger partial charge is 0.123 e. The maximum atomic E-state index is 12.8. The molecular weight excluding hydrogens is 205 g/mol. The number of morpholine rings is 1. The van der Waals surface area contributed by atoms with E-state index >= 15 is 0 Å². The Labute approximate surface area is 96.0 Å². The molecule has 1 aliphatic heterocycles. The average Bonchev–Trinajstić information content (AvgIpc) is 2.29. The molecule has 0 N–H and O–H groups in total. The summed E-state index contributed by atoms with van der Waals surface area (Å²) in [6.07, 6.45) is 0.289. The Bertz CT molecular complexity index is 338. The molecule has 2 nitrogen and oxygen atoms in total. The highest BCUT2D eigenvalue weighted by Gasteiger charge is 2.22. The molecule has 1 saturated heterocycles. The van der Waals surface area contributed by atoms with Gasteiger partial charge in [-0.15, -0.1) is 0 Å². The Morgan fingerprint density at radius 1 is 1.38 bits per heavy atom. The summed E-state index contributed by atoms with van der Waals surface area (Å²) >= 11 is 0. The maximum absolute atomic E-state index is 12.8. The molecule has 16 heavy (non-hydrogen) atoms. The Balaban J connectivity index is 2.06. The summed E-state index contributed by atoms with van der Waals surface area (Å²) in [5, 5.41) is 0. The minimum atomic E-state index is -0.175. The molecule has 1 fully saturated rings. The van der Waals surface area contributed by atoms with Crippen molar-refractivity contribution in [1.29, 1.82) is 0 Å². The van der Waals surface area contributed by atoms with Crippen LogP contribution in [0.5, 0.6) is 0 Å². The summed E-state index contributed by atoms with van der Waals surface area (Å²) in [7, 11) is 0. The van der Waals surface area contributed by atoms with Crippen molar-refractivity contribution in [2.75, 3.05) is 19.7 Å². The van der Waals surface area contributed by atoms with Crippen LogP contribution in [-0.4, -0.2) is 30.7 Å². The molecular formula is C13H18FNO. The van der Waals surface area contributed by atoms with Gasteiger partial charge in [0.05, 0.1) is 12.7 Å². The molecule has 1 aromatic rings. The van der Waals surface area contributed by atoms with E-state index in [0.717, 1.165) is 25.3 Å². The van der Waals surface area contributed by atoms with Crippen molar-refractivity contribution in [3.05, 3.63) is 35.6 Å². The van der Waals surface area contributed by atoms with Gasteiger partial charge >= 0.3 is 0 Å². The number of hydrogen-bond donors (Lipinski definition) is 0. The first-order valence-electron chi connectivity index (χ1n) is 5.78. The van der Waals surface area contributed by atoms with Gasteiger partial charge in [0.2, 0.25) is 0 Å². The van der Waals surface area contributed by atoms with Gasteiger partial charge in [-0.25, -0.2) is 4.39 Å². The molecule has 3 heteroatoms. The van der Waals surface area contributed by atoms with Gasteiger partial charge in [0.15, 0.2) is 0 Å². The van der Waals surface area contributed by atoms with Crippen molar-refractivity contribution in [2.45, 2.75) is 26.0 Å². The van der Waals surface area contributed by atoms with E-state index in [1.807, 2.05) is 12.1 Å². The summed E-state index contributed by atoms with van der Waals surface area (Å²) in [4.78, 5) is 2.38. The average molecular weight is 223 g/mol. The van der Waals surface area contributed by atoms with Gasteiger partial charge < -0.3 is 4.74 Å². The zero-order valence-corrected chi connectivity index (χ0v) is 9.82. The molecule has 88 valence electrons. The summed E-state index contributed by atoms with van der Waals surface area (Å²) in [5.41, 5.74) is 1.16. The van der Waals surface area contributed by atoms with Crippen molar-refractivity contribution in [2.24, 2.45) is 0 Å². The third kappa shape index (κ3) is 2.60. The second-order valence-electron chi connectivity index (χ2n) is 4.40. The van der Waals surface area contributed by atoms with Crippen LogP contribution in [0.25, 0.3) is 0 Å². The van der Waals surface area contributed by atoms with Gasteiger partial charge in [-0.05, 0) is 31.5 Å². The Kier molecular flexibility index (Phi) is 3.56. The zero-order chi connectivity index (χ0) is 11.5. The van der Waals surface area contributed by atoms with Crippen LogP contribution in [0.4, 0.5) is 4.39 Å². The van der Waals surface area contributed by atoms with E-state index in [4.69, 9.17) is 4.74 Å². The van der Waals surface area contributed by atoms with Gasteiger partial charge in [0.25, 0.3) is 0 Å². The summed E-state index contributed by atoms with van der Waals surface area (Å²) < 4.78 is 18.3. The van der Waals surface area contributed by atoms with Crippen LogP contribution < -0.4 is 0 Å². The number of hydrogen-bond acceptors (Lipinski definition) is 2. The Morgan fingerprint density at radius 3 is 2.69 bits per heavy atom. The molecule has 0 aliphatic carbocycles. The van der Waals surface area contributed by atoms with Crippen LogP contribution in [0, 0.1) is 5.82 Å². The van der Waals surface area contributed by atoms with Gasteiger partial charge in [0.1, 0.15) is 5.82 Å². The number of rotatable bonds is 2. The third-order valence-electron chi connectivity index (χ3n) is 3.17. The predicted octanol–water partition coefficient (Wildman–Crippen LogP) is 2.61. The van der Waals surface area contributed by atoms with E-state index in [-0.39, 0.29) is 11.9 Å². The summed E-state index contributed by atoms with van der Waals surface area (Å²) in [6.45, 7) is 6.92. The lowest BCUT2D eigenvalue weighted by atomic mass is 10.1. The fraction of sp³-hybridized carbons (Fsp3) is 0.538. The lowest BCUT2D eigenvalue weighted by Crippen LogP contribution is -2.42. The van der Waals surface area contributed by atoms with Crippen molar-refractivity contribution in [1.82, 2.24) is 4.90 Å². The van der Waals surface area contributed by atoms with E-state index in [0.29, 0.717) is 6.04 Å². The van der Waals surface area contributed by atoms with Crippen molar-refractivity contribution in [3.8, 4) is 0 Å². The van der Waals surface area contributed by atoms with Gasteiger partial charge in [0, 0.05) is 19.1 Å². The van der Waals surface area contributed by atoms with E-state index in [1.165, 1.54) is 12.1 Å². The van der Waals surface area contributed by atoms with Crippen LogP contribution in [0.15, 0.2) is 24.3 Å². The van der Waals surface area contributed by atoms with E-state index in [9.17, 15) is 4.39 Å². The fourth-order valence-corrected chi connectivity index (χ4v) is 2.15. The Morgan fingerprint density at radius 2 is 2.06 bits per heavy atom. The molecule has 1 heterocycles. The first-order chi connectivity index (χ1) is 7.66. The van der Waals surface area contributed by atoms with Crippen LogP contribution in [0.2, 0.25) is 0 Å². The minimum absolute atomic E-state index is 0.175. The summed E-state index contributed by atoms with van der Waals surface area (Å²) in [5.74, 6) is -0.175. The second-order valence-corrected chi connectivity index (χ2v) is 4.40. The number of nitrogens with zero attached hydrogens (tertiary/aromatic N) is 1. The molecule has 0 saturated carbocycles. The van der Waals surface area contributed by atoms with Crippen LogP contribution >= 0.6 is 0 Å². The van der Waals surface area contributed by atoms with Crippen LogP contribution in [0.1, 0.15) is 25.5 Å². The number of benzene rings is 1. The standard InChI is InChI=1S/C13H18FNO/c1-10-9-15(7-8-16-10)11(2)12-3-5-13(14)6-4-12/h3-6,10-11H,7-9H2,1-2H3/t10?,11-/m0/s1. The van der Waals surface area contributed by atoms with Gasteiger partial charge in [-0.3, -0.25) is 4.90 Å². The molecule has 0 spiro atoms. The number of halogens is 1. The second kappa shape index (κ2) is 4.93. The van der Waals surface area contributed by atoms with E-state index < -0.39 is 0 Å². The number of ether oxygens (including phenoxy) is 1.